The molecule has 4 amide bonds. The van der Waals surface area contributed by atoms with Crippen LogP contribution < -0.4 is 21.3 Å². The Hall–Kier alpha value is -2.53. The first kappa shape index (κ1) is 75.7. The molecule has 84 heavy (non-hydrogen) atoms. The van der Waals surface area contributed by atoms with Crippen LogP contribution in [0.25, 0.3) is 0 Å². The van der Waals surface area contributed by atoms with E-state index < -0.39 is 33.8 Å². The van der Waals surface area contributed by atoms with Crippen LogP contribution in [0.4, 0.5) is 19.2 Å². The Morgan fingerprint density at radius 2 is 0.583 bits per heavy atom. The number of carbonyl (C=O) groups is 4. The second kappa shape index (κ2) is 42.4. The van der Waals surface area contributed by atoms with Crippen molar-refractivity contribution in [2.45, 2.75) is 167 Å². The molecule has 4 aliphatic rings. The van der Waals surface area contributed by atoms with E-state index in [0.717, 1.165) is 128 Å². The van der Waals surface area contributed by atoms with E-state index in [4.69, 9.17) is 55.0 Å². The summed E-state index contributed by atoms with van der Waals surface area (Å²) in [5.41, 5.74) is 0. The van der Waals surface area contributed by atoms with E-state index in [1.54, 1.807) is 14.2 Å². The highest BCUT2D eigenvalue weighted by atomic mass is 28.4. The molecule has 4 saturated heterocycles. The van der Waals surface area contributed by atoms with Crippen LogP contribution in [0.15, 0.2) is 0 Å². The third kappa shape index (κ3) is 39.4. The van der Waals surface area contributed by atoms with Gasteiger partial charge in [-0.25, -0.2) is 19.2 Å². The number of rotatable bonds is 50. The lowest BCUT2D eigenvalue weighted by molar-refractivity contribution is 0.0719. The SMILES string of the molecule is CO[Si](C)(CCCOCCOC(=O)NCCC(C)N1CC1)O[Si](C)(C)CCCOCCOC(=O)NCCC(C)N1CC1.CO[Si](C)(CCCOCCOC(=O)NCCC(C)N1CC1)O[Si](C)(C)CCCOCCOC(=O)NCCC(C)N1CC1. The fraction of sp³-hybridized carbons (Fsp3) is 0.929. The van der Waals surface area contributed by atoms with Crippen molar-refractivity contribution in [1.82, 2.24) is 40.9 Å². The molecule has 0 aromatic heterocycles. The molecule has 6 unspecified atom stereocenters. The molecule has 0 spiro atoms. The summed E-state index contributed by atoms with van der Waals surface area (Å²) < 4.78 is 68.4. The van der Waals surface area contributed by atoms with Crippen molar-refractivity contribution in [2.24, 2.45) is 0 Å². The van der Waals surface area contributed by atoms with E-state index in [-0.39, 0.29) is 50.8 Å². The first-order chi connectivity index (χ1) is 40.1. The molecule has 0 saturated carbocycles. The Balaban J connectivity index is 0.000000440. The van der Waals surface area contributed by atoms with Gasteiger partial charge in [-0.3, -0.25) is 19.6 Å². The minimum Gasteiger partial charge on any atom is -0.447 e. The Morgan fingerprint density at radius 1 is 0.357 bits per heavy atom. The Labute approximate surface area is 509 Å². The summed E-state index contributed by atoms with van der Waals surface area (Å²) in [6.45, 7) is 38.5. The molecule has 492 valence electrons. The highest BCUT2D eigenvalue weighted by Crippen LogP contribution is 2.26. The van der Waals surface area contributed by atoms with Gasteiger partial charge in [-0.05, 0) is 143 Å². The summed E-state index contributed by atoms with van der Waals surface area (Å²) in [6, 6.07) is 5.63. The van der Waals surface area contributed by atoms with Gasteiger partial charge in [0.2, 0.25) is 0 Å². The highest BCUT2D eigenvalue weighted by molar-refractivity contribution is 6.83. The Kier molecular flexibility index (Phi) is 38.2. The third-order valence-electron chi connectivity index (χ3n) is 15.4. The zero-order valence-electron chi connectivity index (χ0n) is 54.1. The van der Waals surface area contributed by atoms with E-state index in [0.29, 0.717) is 103 Å². The maximum absolute atomic E-state index is 11.8. The van der Waals surface area contributed by atoms with Crippen LogP contribution in [0, 0.1) is 0 Å². The number of nitrogens with one attached hydrogen (secondary N) is 4. The van der Waals surface area contributed by atoms with E-state index in [2.05, 4.69) is 108 Å². The number of ether oxygens (including phenoxy) is 8. The first-order valence-electron chi connectivity index (χ1n) is 31.5. The van der Waals surface area contributed by atoms with E-state index >= 15 is 0 Å². The zero-order valence-corrected chi connectivity index (χ0v) is 58.1. The normalized spacial score (nSPS) is 18.1. The molecule has 0 aromatic carbocycles. The number of hydrogen-bond donors (Lipinski definition) is 4. The number of alkyl carbamates (subject to hydrolysis) is 4. The monoisotopic (exact) mass is 1270 g/mol. The van der Waals surface area contributed by atoms with Gasteiger partial charge < -0.3 is 76.2 Å². The van der Waals surface area contributed by atoms with Gasteiger partial charge in [-0.1, -0.05) is 0 Å². The molecule has 4 N–H and O–H groups in total. The number of carbonyl (C=O) groups excluding carboxylic acids is 4. The maximum Gasteiger partial charge on any atom is 0.407 e. The summed E-state index contributed by atoms with van der Waals surface area (Å²) in [5, 5.41) is 11.2. The second-order valence-electron chi connectivity index (χ2n) is 24.2. The minimum absolute atomic E-state index is 0.239. The van der Waals surface area contributed by atoms with Gasteiger partial charge in [0.1, 0.15) is 26.4 Å². The van der Waals surface area contributed by atoms with Gasteiger partial charge >= 0.3 is 41.5 Å². The summed E-state index contributed by atoms with van der Waals surface area (Å²) >= 11 is 0. The van der Waals surface area contributed by atoms with Crippen LogP contribution in [0.2, 0.25) is 63.5 Å². The van der Waals surface area contributed by atoms with Gasteiger partial charge in [0.25, 0.3) is 0 Å². The number of nitrogens with zero attached hydrogens (tertiary/aromatic N) is 4. The van der Waals surface area contributed by atoms with Crippen molar-refractivity contribution < 1.29 is 74.2 Å². The zero-order chi connectivity index (χ0) is 61.7. The van der Waals surface area contributed by atoms with Gasteiger partial charge in [-0.2, -0.15) is 0 Å². The van der Waals surface area contributed by atoms with E-state index in [9.17, 15) is 19.2 Å². The molecule has 4 aliphatic heterocycles. The van der Waals surface area contributed by atoms with E-state index in [1.165, 1.54) is 0 Å². The van der Waals surface area contributed by atoms with Crippen molar-refractivity contribution in [3.05, 3.63) is 0 Å². The highest BCUT2D eigenvalue weighted by Gasteiger charge is 2.39. The molecule has 24 nitrogen and oxygen atoms in total. The molecule has 0 radical (unpaired) electrons. The smallest absolute Gasteiger partial charge is 0.407 e. The minimum atomic E-state index is -2.31. The lowest BCUT2D eigenvalue weighted by Crippen LogP contribution is -2.48. The van der Waals surface area contributed by atoms with Crippen LogP contribution in [-0.2, 0) is 55.0 Å². The summed E-state index contributed by atoms with van der Waals surface area (Å²) in [5.74, 6) is 0. The third-order valence-corrected chi connectivity index (χ3v) is 30.7. The van der Waals surface area contributed by atoms with Crippen molar-refractivity contribution in [1.29, 1.82) is 0 Å². The quantitative estimate of drug-likeness (QED) is 0.0213. The van der Waals surface area contributed by atoms with Crippen LogP contribution in [-0.4, -0.2) is 274 Å². The van der Waals surface area contributed by atoms with Crippen molar-refractivity contribution in [3.63, 3.8) is 0 Å². The van der Waals surface area contributed by atoms with Crippen molar-refractivity contribution in [2.75, 3.05) is 172 Å². The Bertz CT molecular complexity index is 1680. The lowest BCUT2D eigenvalue weighted by atomic mass is 10.2. The van der Waals surface area contributed by atoms with Gasteiger partial charge in [0, 0.05) is 143 Å². The molecule has 6 atom stereocenters. The second-order valence-corrected chi connectivity index (χ2v) is 40.2. The van der Waals surface area contributed by atoms with Crippen LogP contribution in [0.3, 0.4) is 0 Å². The van der Waals surface area contributed by atoms with Crippen LogP contribution in [0.5, 0.6) is 0 Å². The van der Waals surface area contributed by atoms with Gasteiger partial charge in [-0.15, -0.1) is 0 Å². The van der Waals surface area contributed by atoms with E-state index in [1.807, 2.05) is 0 Å². The predicted octanol–water partition coefficient (Wildman–Crippen LogP) is 6.76. The summed E-state index contributed by atoms with van der Waals surface area (Å²) in [4.78, 5) is 56.6. The van der Waals surface area contributed by atoms with Gasteiger partial charge in [0.15, 0.2) is 16.6 Å². The molecule has 28 heteroatoms. The average Bonchev–Trinajstić information content (AvgIpc) is 4.37. The van der Waals surface area contributed by atoms with Crippen LogP contribution >= 0.6 is 0 Å². The molecule has 0 bridgehead atoms. The Morgan fingerprint density at radius 3 is 0.798 bits per heavy atom. The van der Waals surface area contributed by atoms with Gasteiger partial charge in [0.05, 0.1) is 26.4 Å². The van der Waals surface area contributed by atoms with Crippen molar-refractivity contribution >= 4 is 58.1 Å². The molecule has 4 rings (SSSR count). The maximum atomic E-state index is 11.8. The molecular weight excluding hydrogens is 1150 g/mol. The molecule has 4 fully saturated rings. The first-order valence-corrected chi connectivity index (χ1v) is 42.7. The number of amides is 4. The lowest BCUT2D eigenvalue weighted by Gasteiger charge is -2.35. The number of hydrogen-bond acceptors (Lipinski definition) is 20. The fourth-order valence-electron chi connectivity index (χ4n) is 9.49. The topological polar surface area (TPSA) is 239 Å². The summed E-state index contributed by atoms with van der Waals surface area (Å²) in [6.07, 6.45) is 5.62. The average molecular weight is 1270 g/mol. The largest absolute Gasteiger partial charge is 0.447 e. The summed E-state index contributed by atoms with van der Waals surface area (Å²) in [7, 11) is -5.04. The molecule has 0 aliphatic carbocycles. The van der Waals surface area contributed by atoms with Crippen molar-refractivity contribution in [3.8, 4) is 0 Å². The predicted molar refractivity (Wildman–Crippen MR) is 335 cm³/mol. The standard InChI is InChI=1S/2C28H58N4O8Si2/c2*1-25(31-13-14-31)9-11-29-27(33)38-21-19-36-17-7-23-41(4,5)40-42(6,35-3)24-8-18-37-20-22-39-28(34)30-12-10-26(2)32-15-16-32/h2*25-26H,7-24H2,1-6H3,(H,29,33)(H,30,34). The fourth-order valence-corrected chi connectivity index (χ4v) is 25.1. The molecular formula is C56H116N8O16Si4. The molecule has 0 aromatic rings. The molecule has 4 heterocycles. The van der Waals surface area contributed by atoms with Crippen LogP contribution in [0.1, 0.15) is 79.1 Å².